The van der Waals surface area contributed by atoms with E-state index >= 15 is 0 Å². The molecule has 186 valence electrons. The van der Waals surface area contributed by atoms with Crippen molar-refractivity contribution in [3.63, 3.8) is 0 Å². The van der Waals surface area contributed by atoms with Gasteiger partial charge in [-0.3, -0.25) is 9.18 Å². The predicted molar refractivity (Wildman–Crippen MR) is 129 cm³/mol. The largest absolute Gasteiger partial charge is 0.457 e. The van der Waals surface area contributed by atoms with Gasteiger partial charge < -0.3 is 15.0 Å². The van der Waals surface area contributed by atoms with Gasteiger partial charge in [-0.15, -0.1) is 10.2 Å². The van der Waals surface area contributed by atoms with E-state index in [1.54, 1.807) is 24.3 Å². The van der Waals surface area contributed by atoms with Crippen LogP contribution in [-0.4, -0.2) is 45.3 Å². The lowest BCUT2D eigenvalue weighted by Crippen LogP contribution is -2.24. The summed E-state index contributed by atoms with van der Waals surface area (Å²) in [5.74, 6) is 0.442. The van der Waals surface area contributed by atoms with E-state index in [1.807, 2.05) is 37.3 Å². The number of ether oxygens (including phenoxy) is 1. The second-order valence-electron chi connectivity index (χ2n) is 8.11. The Hall–Kier alpha value is -4.21. The van der Waals surface area contributed by atoms with Crippen LogP contribution in [0.2, 0.25) is 0 Å². The van der Waals surface area contributed by atoms with Crippen LogP contribution in [0.5, 0.6) is 5.75 Å². The van der Waals surface area contributed by atoms with Gasteiger partial charge in [-0.1, -0.05) is 36.4 Å². The number of anilines is 1. The topological polar surface area (TPSA) is 92.8 Å². The van der Waals surface area contributed by atoms with Crippen LogP contribution in [0.15, 0.2) is 66.9 Å². The Bertz CT molecular complexity index is 1320. The van der Waals surface area contributed by atoms with Crippen molar-refractivity contribution in [3.8, 4) is 16.9 Å². The molecule has 1 amide bonds. The molecule has 0 radical (unpaired) electrons. The first-order valence-corrected chi connectivity index (χ1v) is 11.3. The summed E-state index contributed by atoms with van der Waals surface area (Å²) in [5, 5.41) is 10.6. The first kappa shape index (κ1) is 24.9. The number of hydrogen-bond donors (Lipinski definition) is 2. The molecular weight excluding hydrogens is 471 g/mol. The molecule has 4 rings (SSSR count). The van der Waals surface area contributed by atoms with E-state index in [9.17, 15) is 18.0 Å². The van der Waals surface area contributed by atoms with Crippen molar-refractivity contribution < 1.29 is 22.7 Å². The SMILES string of the molecule is Cc1ccc(OC(F)C(F)CCF)cc1-c1ccnc(NC(=O)c2nnc(Cc3ccccc3)[nH]2)c1. The number of nitrogens with one attached hydrogen (secondary N) is 2. The zero-order chi connectivity index (χ0) is 25.5. The number of aromatic nitrogens is 4. The lowest BCUT2D eigenvalue weighted by Gasteiger charge is -2.16. The van der Waals surface area contributed by atoms with Crippen LogP contribution < -0.4 is 10.1 Å². The number of amides is 1. The molecule has 2 N–H and O–H groups in total. The van der Waals surface area contributed by atoms with Gasteiger partial charge in [0, 0.05) is 19.0 Å². The van der Waals surface area contributed by atoms with Gasteiger partial charge in [0.2, 0.25) is 5.82 Å². The van der Waals surface area contributed by atoms with Crippen molar-refractivity contribution in [1.29, 1.82) is 0 Å². The first-order chi connectivity index (χ1) is 17.4. The molecule has 2 aromatic carbocycles. The number of H-pyrrole nitrogens is 1. The normalized spacial score (nSPS) is 12.7. The number of rotatable bonds is 10. The average Bonchev–Trinajstić information content (AvgIpc) is 3.35. The van der Waals surface area contributed by atoms with Gasteiger partial charge in [-0.05, 0) is 53.4 Å². The molecule has 2 heterocycles. The van der Waals surface area contributed by atoms with Crippen molar-refractivity contribution in [2.45, 2.75) is 32.3 Å². The number of carbonyl (C=O) groups is 1. The highest BCUT2D eigenvalue weighted by atomic mass is 19.2. The zero-order valence-corrected chi connectivity index (χ0v) is 19.4. The molecule has 0 saturated heterocycles. The maximum Gasteiger partial charge on any atom is 0.294 e. The number of nitrogens with zero attached hydrogens (tertiary/aromatic N) is 3. The molecule has 0 aliphatic rings. The summed E-state index contributed by atoms with van der Waals surface area (Å²) < 4.78 is 44.9. The van der Waals surface area contributed by atoms with Crippen LogP contribution in [0.25, 0.3) is 11.1 Å². The number of carbonyl (C=O) groups excluding carboxylic acids is 1. The van der Waals surface area contributed by atoms with Gasteiger partial charge in [0.25, 0.3) is 12.3 Å². The Kier molecular flexibility index (Phi) is 7.94. The number of alkyl halides is 3. The van der Waals surface area contributed by atoms with Crippen LogP contribution in [0.3, 0.4) is 0 Å². The number of aromatic amines is 1. The highest BCUT2D eigenvalue weighted by Gasteiger charge is 2.22. The molecular formula is C26H24F3N5O2. The molecule has 4 aromatic rings. The van der Waals surface area contributed by atoms with Crippen LogP contribution in [-0.2, 0) is 6.42 Å². The molecule has 0 bridgehead atoms. The van der Waals surface area contributed by atoms with E-state index in [4.69, 9.17) is 4.74 Å². The minimum absolute atomic E-state index is 0.0442. The monoisotopic (exact) mass is 495 g/mol. The molecule has 0 aliphatic heterocycles. The number of benzene rings is 2. The van der Waals surface area contributed by atoms with Gasteiger partial charge in [0.1, 0.15) is 17.4 Å². The fraction of sp³-hybridized carbons (Fsp3) is 0.231. The lowest BCUT2D eigenvalue weighted by molar-refractivity contribution is -0.0111. The smallest absolute Gasteiger partial charge is 0.294 e. The van der Waals surface area contributed by atoms with E-state index < -0.39 is 31.5 Å². The van der Waals surface area contributed by atoms with Crippen molar-refractivity contribution >= 4 is 11.7 Å². The highest BCUT2D eigenvalue weighted by Crippen LogP contribution is 2.30. The van der Waals surface area contributed by atoms with E-state index in [-0.39, 0.29) is 17.4 Å². The fourth-order valence-corrected chi connectivity index (χ4v) is 3.53. The minimum atomic E-state index is -2.28. The molecule has 2 unspecified atom stereocenters. The van der Waals surface area contributed by atoms with Gasteiger partial charge >= 0.3 is 0 Å². The van der Waals surface area contributed by atoms with Crippen LogP contribution in [0.1, 0.15) is 34.0 Å². The Morgan fingerprint density at radius 1 is 1.08 bits per heavy atom. The van der Waals surface area contributed by atoms with Crippen molar-refractivity contribution in [3.05, 3.63) is 89.6 Å². The van der Waals surface area contributed by atoms with Crippen LogP contribution in [0, 0.1) is 6.92 Å². The van der Waals surface area contributed by atoms with Crippen molar-refractivity contribution in [2.75, 3.05) is 12.0 Å². The standard InChI is InChI=1S/C26H24F3N5O2/c1-16-7-8-19(36-24(29)21(28)9-11-27)15-20(16)18-10-12-30-22(14-18)32-26(35)25-31-23(33-34-25)13-17-5-3-2-4-6-17/h2-8,10,12,14-15,21,24H,9,11,13H2,1H3,(H,30,32,35)(H,31,33,34). The average molecular weight is 496 g/mol. The van der Waals surface area contributed by atoms with Crippen molar-refractivity contribution in [1.82, 2.24) is 20.2 Å². The Labute approximate surface area is 205 Å². The molecule has 7 nitrogen and oxygen atoms in total. The molecule has 2 atom stereocenters. The molecule has 0 fully saturated rings. The Morgan fingerprint density at radius 3 is 2.67 bits per heavy atom. The summed E-state index contributed by atoms with van der Waals surface area (Å²) in [4.78, 5) is 19.8. The van der Waals surface area contributed by atoms with E-state index in [1.165, 1.54) is 12.3 Å². The van der Waals surface area contributed by atoms with E-state index in [0.717, 1.165) is 11.1 Å². The summed E-state index contributed by atoms with van der Waals surface area (Å²) in [6, 6.07) is 17.8. The molecule has 2 aromatic heterocycles. The maximum absolute atomic E-state index is 14.0. The maximum atomic E-state index is 14.0. The first-order valence-electron chi connectivity index (χ1n) is 11.3. The minimum Gasteiger partial charge on any atom is -0.457 e. The molecule has 0 aliphatic carbocycles. The second kappa shape index (κ2) is 11.5. The summed E-state index contributed by atoms with van der Waals surface area (Å²) in [5.41, 5.74) is 3.20. The van der Waals surface area contributed by atoms with Crippen LogP contribution >= 0.6 is 0 Å². The summed E-state index contributed by atoms with van der Waals surface area (Å²) in [7, 11) is 0. The molecule has 10 heteroatoms. The molecule has 36 heavy (non-hydrogen) atoms. The van der Waals surface area contributed by atoms with Crippen LogP contribution in [0.4, 0.5) is 19.0 Å². The highest BCUT2D eigenvalue weighted by molar-refractivity contribution is 6.01. The Balaban J connectivity index is 1.46. The van der Waals surface area contributed by atoms with E-state index in [0.29, 0.717) is 23.4 Å². The summed E-state index contributed by atoms with van der Waals surface area (Å²) >= 11 is 0. The van der Waals surface area contributed by atoms with E-state index in [2.05, 4.69) is 25.5 Å². The quantitative estimate of drug-likeness (QED) is 0.308. The third-order valence-electron chi connectivity index (χ3n) is 5.40. The number of hydrogen-bond acceptors (Lipinski definition) is 5. The third kappa shape index (κ3) is 6.26. The summed E-state index contributed by atoms with van der Waals surface area (Å²) in [6.45, 7) is 0.868. The van der Waals surface area contributed by atoms with Crippen molar-refractivity contribution in [2.24, 2.45) is 0 Å². The number of aryl methyl sites for hydroxylation is 1. The fourth-order valence-electron chi connectivity index (χ4n) is 3.53. The van der Waals surface area contributed by atoms with Gasteiger partial charge in [-0.2, -0.15) is 4.39 Å². The lowest BCUT2D eigenvalue weighted by atomic mass is 10.0. The van der Waals surface area contributed by atoms with Gasteiger partial charge in [0.15, 0.2) is 6.17 Å². The van der Waals surface area contributed by atoms with Gasteiger partial charge in [0.05, 0.1) is 6.67 Å². The second-order valence-corrected chi connectivity index (χ2v) is 8.11. The predicted octanol–water partition coefficient (Wildman–Crippen LogP) is 5.39. The zero-order valence-electron chi connectivity index (χ0n) is 19.4. The third-order valence-corrected chi connectivity index (χ3v) is 5.40. The van der Waals surface area contributed by atoms with Gasteiger partial charge in [-0.25, -0.2) is 9.37 Å². The Morgan fingerprint density at radius 2 is 1.89 bits per heavy atom. The summed E-state index contributed by atoms with van der Waals surface area (Å²) in [6.07, 6.45) is -2.91. The molecule has 0 saturated carbocycles. The molecule has 0 spiro atoms. The number of pyridine rings is 1. The number of halogens is 3.